The van der Waals surface area contributed by atoms with Gasteiger partial charge in [-0.1, -0.05) is 12.1 Å². The molecule has 102 valence electrons. The van der Waals surface area contributed by atoms with Crippen molar-refractivity contribution in [3.05, 3.63) is 58.0 Å². The lowest BCUT2D eigenvalue weighted by Gasteiger charge is -2.08. The average Bonchev–Trinajstić information content (AvgIpc) is 2.38. The molecular weight excluding hydrogens is 269 g/mol. The van der Waals surface area contributed by atoms with Crippen LogP contribution in [-0.2, 0) is 12.6 Å². The Bertz CT molecular complexity index is 726. The number of aromatic amines is 1. The van der Waals surface area contributed by atoms with Crippen LogP contribution in [0.3, 0.4) is 0 Å². The molecule has 0 fully saturated rings. The summed E-state index contributed by atoms with van der Waals surface area (Å²) in [6.45, 7) is 0. The molecule has 20 heavy (non-hydrogen) atoms. The third kappa shape index (κ3) is 2.88. The Morgan fingerprint density at radius 1 is 1.20 bits per heavy atom. The normalized spacial score (nSPS) is 11.1. The predicted octanol–water partition coefficient (Wildman–Crippen LogP) is 3.13. The minimum atomic E-state index is -4.45. The van der Waals surface area contributed by atoms with E-state index in [-0.39, 0.29) is 17.5 Å². The molecule has 0 spiro atoms. The van der Waals surface area contributed by atoms with E-state index in [0.29, 0.717) is 5.69 Å². The fraction of sp³-hybridized carbons (Fsp3) is 0.143. The van der Waals surface area contributed by atoms with E-state index in [4.69, 9.17) is 5.26 Å². The van der Waals surface area contributed by atoms with E-state index in [1.165, 1.54) is 24.3 Å². The molecule has 0 bridgehead atoms. The molecule has 1 N–H and O–H groups in total. The molecular formula is C14H9F3N2O. The highest BCUT2D eigenvalue weighted by molar-refractivity contribution is 5.63. The fourth-order valence-corrected chi connectivity index (χ4v) is 1.79. The third-order valence-corrected chi connectivity index (χ3v) is 2.74. The van der Waals surface area contributed by atoms with Gasteiger partial charge in [-0.2, -0.15) is 18.4 Å². The zero-order chi connectivity index (χ0) is 14.8. The second-order valence-electron chi connectivity index (χ2n) is 4.14. The first-order chi connectivity index (χ1) is 9.41. The number of H-pyrrole nitrogens is 1. The first-order valence-corrected chi connectivity index (χ1v) is 5.68. The van der Waals surface area contributed by atoms with Crippen LogP contribution in [0.25, 0.3) is 11.1 Å². The van der Waals surface area contributed by atoms with Crippen molar-refractivity contribution in [1.29, 1.82) is 5.26 Å². The van der Waals surface area contributed by atoms with Crippen LogP contribution in [0.4, 0.5) is 13.2 Å². The number of pyridine rings is 1. The minimum Gasteiger partial charge on any atom is -0.325 e. The minimum absolute atomic E-state index is 0.0398. The van der Waals surface area contributed by atoms with Gasteiger partial charge in [-0.05, 0) is 29.8 Å². The number of hydrogen-bond donors (Lipinski definition) is 1. The van der Waals surface area contributed by atoms with Gasteiger partial charge < -0.3 is 4.98 Å². The summed E-state index contributed by atoms with van der Waals surface area (Å²) in [5, 5.41) is 8.53. The summed E-state index contributed by atoms with van der Waals surface area (Å²) in [6.07, 6.45) is -4.42. The summed E-state index contributed by atoms with van der Waals surface area (Å²) < 4.78 is 37.9. The number of nitriles is 1. The van der Waals surface area contributed by atoms with E-state index in [0.717, 1.165) is 12.1 Å². The molecule has 0 saturated carbocycles. The highest BCUT2D eigenvalue weighted by Gasteiger charge is 2.30. The van der Waals surface area contributed by atoms with Gasteiger partial charge in [0.2, 0.25) is 0 Å². The first-order valence-electron chi connectivity index (χ1n) is 5.68. The van der Waals surface area contributed by atoms with Crippen molar-refractivity contribution in [2.45, 2.75) is 12.6 Å². The van der Waals surface area contributed by atoms with Gasteiger partial charge in [0.25, 0.3) is 5.56 Å². The molecule has 0 aliphatic rings. The van der Waals surface area contributed by atoms with Crippen molar-refractivity contribution in [2.24, 2.45) is 0 Å². The third-order valence-electron chi connectivity index (χ3n) is 2.74. The second kappa shape index (κ2) is 5.21. The number of halogens is 3. The summed E-state index contributed by atoms with van der Waals surface area (Å²) in [5.74, 6) is 0. The maximum absolute atomic E-state index is 12.6. The van der Waals surface area contributed by atoms with Gasteiger partial charge >= 0.3 is 6.18 Å². The van der Waals surface area contributed by atoms with Gasteiger partial charge in [0.15, 0.2) is 0 Å². The van der Waals surface area contributed by atoms with E-state index in [9.17, 15) is 18.0 Å². The maximum atomic E-state index is 12.6. The topological polar surface area (TPSA) is 56.6 Å². The van der Waals surface area contributed by atoms with Crippen molar-refractivity contribution < 1.29 is 13.2 Å². The Hall–Kier alpha value is -2.55. The summed E-state index contributed by atoms with van der Waals surface area (Å²) in [4.78, 5) is 14.3. The Labute approximate surface area is 112 Å². The van der Waals surface area contributed by atoms with Crippen LogP contribution in [0.15, 0.2) is 41.2 Å². The molecule has 1 heterocycles. The predicted molar refractivity (Wildman–Crippen MR) is 66.8 cm³/mol. The lowest BCUT2D eigenvalue weighted by atomic mass is 10.0. The van der Waals surface area contributed by atoms with Crippen molar-refractivity contribution in [3.63, 3.8) is 0 Å². The van der Waals surface area contributed by atoms with Crippen LogP contribution in [0.1, 0.15) is 11.3 Å². The molecule has 2 rings (SSSR count). The number of alkyl halides is 3. The molecule has 0 aliphatic carbocycles. The van der Waals surface area contributed by atoms with E-state index < -0.39 is 17.3 Å². The monoisotopic (exact) mass is 278 g/mol. The van der Waals surface area contributed by atoms with E-state index >= 15 is 0 Å². The quantitative estimate of drug-likeness (QED) is 0.917. The summed E-state index contributed by atoms with van der Waals surface area (Å²) in [7, 11) is 0. The summed E-state index contributed by atoms with van der Waals surface area (Å²) in [5.41, 5.74) is -0.580. The van der Waals surface area contributed by atoms with Crippen LogP contribution in [0, 0.1) is 11.3 Å². The molecule has 1 aromatic carbocycles. The fourth-order valence-electron chi connectivity index (χ4n) is 1.79. The van der Waals surface area contributed by atoms with Gasteiger partial charge in [0, 0.05) is 11.3 Å². The molecule has 1 aromatic heterocycles. The molecule has 0 radical (unpaired) electrons. The molecule has 0 saturated heterocycles. The van der Waals surface area contributed by atoms with Crippen molar-refractivity contribution in [2.75, 3.05) is 0 Å². The summed E-state index contributed by atoms with van der Waals surface area (Å²) >= 11 is 0. The molecule has 6 heteroatoms. The highest BCUT2D eigenvalue weighted by Crippen LogP contribution is 2.31. The Morgan fingerprint density at radius 2 is 1.95 bits per heavy atom. The number of nitrogens with zero attached hydrogens (tertiary/aromatic N) is 1. The number of hydrogen-bond acceptors (Lipinski definition) is 2. The largest absolute Gasteiger partial charge is 0.416 e. The second-order valence-corrected chi connectivity index (χ2v) is 4.14. The number of aromatic nitrogens is 1. The number of rotatable bonds is 2. The van der Waals surface area contributed by atoms with Crippen molar-refractivity contribution >= 4 is 0 Å². The van der Waals surface area contributed by atoms with Gasteiger partial charge in [-0.15, -0.1) is 0 Å². The van der Waals surface area contributed by atoms with Crippen LogP contribution >= 0.6 is 0 Å². The van der Waals surface area contributed by atoms with E-state index in [2.05, 4.69) is 4.98 Å². The van der Waals surface area contributed by atoms with Gasteiger partial charge in [0.1, 0.15) is 0 Å². The Morgan fingerprint density at radius 3 is 2.55 bits per heavy atom. The number of nitrogens with one attached hydrogen (secondary N) is 1. The van der Waals surface area contributed by atoms with Crippen molar-refractivity contribution in [1.82, 2.24) is 4.98 Å². The average molecular weight is 278 g/mol. The van der Waals surface area contributed by atoms with Crippen LogP contribution in [0.2, 0.25) is 0 Å². The zero-order valence-corrected chi connectivity index (χ0v) is 10.2. The number of benzene rings is 1. The van der Waals surface area contributed by atoms with E-state index in [1.807, 2.05) is 6.07 Å². The maximum Gasteiger partial charge on any atom is 0.416 e. The van der Waals surface area contributed by atoms with Crippen molar-refractivity contribution in [3.8, 4) is 17.2 Å². The van der Waals surface area contributed by atoms with E-state index in [1.54, 1.807) is 0 Å². The van der Waals surface area contributed by atoms with Crippen LogP contribution in [-0.4, -0.2) is 4.98 Å². The molecule has 0 amide bonds. The lowest BCUT2D eigenvalue weighted by molar-refractivity contribution is -0.137. The van der Waals surface area contributed by atoms with Crippen LogP contribution < -0.4 is 5.56 Å². The Kier molecular flexibility index (Phi) is 3.61. The van der Waals surface area contributed by atoms with Gasteiger partial charge in [-0.25, -0.2) is 0 Å². The molecule has 0 unspecified atom stereocenters. The Balaban J connectivity index is 2.48. The van der Waals surface area contributed by atoms with Gasteiger partial charge in [-0.3, -0.25) is 4.79 Å². The first kappa shape index (κ1) is 13.9. The molecule has 0 atom stereocenters. The standard InChI is InChI=1S/C14H9F3N2O/c15-14(16,17)10-3-1-2-9(8-10)12-5-4-11(6-7-18)19-13(12)20/h1-5,8H,6H2,(H,19,20). The SMILES string of the molecule is N#CCc1ccc(-c2cccc(C(F)(F)F)c2)c(=O)[nH]1. The zero-order valence-electron chi connectivity index (χ0n) is 10.2. The van der Waals surface area contributed by atoms with Crippen LogP contribution in [0.5, 0.6) is 0 Å². The molecule has 0 aliphatic heterocycles. The lowest BCUT2D eigenvalue weighted by Crippen LogP contribution is -2.12. The highest BCUT2D eigenvalue weighted by atomic mass is 19.4. The summed E-state index contributed by atoms with van der Waals surface area (Å²) in [6, 6.07) is 9.37. The van der Waals surface area contributed by atoms with Gasteiger partial charge in [0.05, 0.1) is 18.1 Å². The molecule has 3 nitrogen and oxygen atoms in total. The smallest absolute Gasteiger partial charge is 0.325 e. The molecule has 2 aromatic rings.